The third-order valence-corrected chi connectivity index (χ3v) is 1.90. The molecule has 0 aromatic rings. The minimum Gasteiger partial charge on any atom is -0.462 e. The van der Waals surface area contributed by atoms with Crippen LogP contribution in [0.3, 0.4) is 0 Å². The molecule has 0 spiro atoms. The SMILES string of the molecule is CCNC(C)(C)C(=O)OCCOC(C)C. The smallest absolute Gasteiger partial charge is 0.325 e. The number of likely N-dealkylation sites (N-methyl/N-ethyl adjacent to an activating group) is 1. The number of carbonyl (C=O) groups excluding carboxylic acids is 1. The molecular formula is C11H23NO3. The molecule has 0 aliphatic carbocycles. The maximum atomic E-state index is 11.6. The van der Waals surface area contributed by atoms with Crippen molar-refractivity contribution in [1.82, 2.24) is 5.32 Å². The third kappa shape index (κ3) is 6.47. The topological polar surface area (TPSA) is 47.6 Å². The molecule has 0 unspecified atom stereocenters. The van der Waals surface area contributed by atoms with Crippen molar-refractivity contribution in [2.24, 2.45) is 0 Å². The van der Waals surface area contributed by atoms with Crippen molar-refractivity contribution in [1.29, 1.82) is 0 Å². The maximum Gasteiger partial charge on any atom is 0.325 e. The Morgan fingerprint density at radius 1 is 1.33 bits per heavy atom. The molecule has 4 heteroatoms. The Labute approximate surface area is 92.3 Å². The standard InChI is InChI=1S/C11H23NO3/c1-6-12-11(4,5)10(13)15-8-7-14-9(2)3/h9,12H,6-8H2,1-5H3. The molecule has 0 atom stereocenters. The molecule has 0 saturated carbocycles. The van der Waals surface area contributed by atoms with Gasteiger partial charge in [-0.1, -0.05) is 6.92 Å². The van der Waals surface area contributed by atoms with Gasteiger partial charge in [0, 0.05) is 0 Å². The zero-order chi connectivity index (χ0) is 11.9. The predicted octanol–water partition coefficient (Wildman–Crippen LogP) is 1.34. The van der Waals surface area contributed by atoms with Crippen LogP contribution in [0.2, 0.25) is 0 Å². The summed E-state index contributed by atoms with van der Waals surface area (Å²) in [5, 5.41) is 3.06. The van der Waals surface area contributed by atoms with Crippen molar-refractivity contribution in [3.8, 4) is 0 Å². The third-order valence-electron chi connectivity index (χ3n) is 1.90. The fourth-order valence-corrected chi connectivity index (χ4v) is 1.11. The van der Waals surface area contributed by atoms with Gasteiger partial charge in [0.25, 0.3) is 0 Å². The number of carbonyl (C=O) groups is 1. The maximum absolute atomic E-state index is 11.6. The molecule has 0 aromatic heterocycles. The van der Waals surface area contributed by atoms with Gasteiger partial charge in [0.15, 0.2) is 0 Å². The summed E-state index contributed by atoms with van der Waals surface area (Å²) < 4.78 is 10.4. The molecule has 0 aromatic carbocycles. The highest BCUT2D eigenvalue weighted by atomic mass is 16.6. The van der Waals surface area contributed by atoms with Crippen LogP contribution < -0.4 is 5.32 Å². The van der Waals surface area contributed by atoms with E-state index in [-0.39, 0.29) is 12.1 Å². The highest BCUT2D eigenvalue weighted by molar-refractivity contribution is 5.79. The van der Waals surface area contributed by atoms with Crippen LogP contribution in [0.4, 0.5) is 0 Å². The first-order valence-electron chi connectivity index (χ1n) is 5.44. The summed E-state index contributed by atoms with van der Waals surface area (Å²) in [4.78, 5) is 11.6. The Kier molecular flexibility index (Phi) is 6.52. The van der Waals surface area contributed by atoms with Crippen LogP contribution in [0.25, 0.3) is 0 Å². The molecule has 15 heavy (non-hydrogen) atoms. The molecule has 0 radical (unpaired) electrons. The summed E-state index contributed by atoms with van der Waals surface area (Å²) in [6.07, 6.45) is 0.172. The van der Waals surface area contributed by atoms with E-state index >= 15 is 0 Å². The number of rotatable bonds is 7. The van der Waals surface area contributed by atoms with Crippen LogP contribution in [0.5, 0.6) is 0 Å². The number of hydrogen-bond acceptors (Lipinski definition) is 4. The average Bonchev–Trinajstić information content (AvgIpc) is 2.11. The zero-order valence-corrected chi connectivity index (χ0v) is 10.4. The van der Waals surface area contributed by atoms with Gasteiger partial charge in [-0.25, -0.2) is 0 Å². The van der Waals surface area contributed by atoms with E-state index in [2.05, 4.69) is 5.32 Å². The van der Waals surface area contributed by atoms with Gasteiger partial charge in [0.1, 0.15) is 12.1 Å². The van der Waals surface area contributed by atoms with Crippen molar-refractivity contribution in [2.75, 3.05) is 19.8 Å². The molecule has 0 heterocycles. The van der Waals surface area contributed by atoms with Gasteiger partial charge in [-0.2, -0.15) is 0 Å². The van der Waals surface area contributed by atoms with E-state index in [1.807, 2.05) is 34.6 Å². The molecular weight excluding hydrogens is 194 g/mol. The Bertz CT molecular complexity index is 190. The molecule has 0 bridgehead atoms. The molecule has 90 valence electrons. The Morgan fingerprint density at radius 3 is 2.40 bits per heavy atom. The normalized spacial score (nSPS) is 11.9. The number of esters is 1. The Balaban J connectivity index is 3.73. The van der Waals surface area contributed by atoms with Gasteiger partial charge in [-0.15, -0.1) is 0 Å². The lowest BCUT2D eigenvalue weighted by molar-refractivity contribution is -0.152. The number of ether oxygens (including phenoxy) is 2. The van der Waals surface area contributed by atoms with Gasteiger partial charge in [0.05, 0.1) is 12.7 Å². The van der Waals surface area contributed by atoms with E-state index in [1.165, 1.54) is 0 Å². The summed E-state index contributed by atoms with van der Waals surface area (Å²) >= 11 is 0. The Hall–Kier alpha value is -0.610. The number of nitrogens with one attached hydrogen (secondary N) is 1. The lowest BCUT2D eigenvalue weighted by Gasteiger charge is -2.23. The quantitative estimate of drug-likeness (QED) is 0.516. The fourth-order valence-electron chi connectivity index (χ4n) is 1.11. The van der Waals surface area contributed by atoms with Gasteiger partial charge in [0.2, 0.25) is 0 Å². The summed E-state index contributed by atoms with van der Waals surface area (Å²) in [7, 11) is 0. The largest absolute Gasteiger partial charge is 0.462 e. The first-order valence-corrected chi connectivity index (χ1v) is 5.44. The van der Waals surface area contributed by atoms with E-state index in [9.17, 15) is 4.79 Å². The van der Waals surface area contributed by atoms with Crippen molar-refractivity contribution in [2.45, 2.75) is 46.3 Å². The second-order valence-corrected chi connectivity index (χ2v) is 4.21. The molecule has 0 aliphatic heterocycles. The first-order chi connectivity index (χ1) is 6.90. The van der Waals surface area contributed by atoms with Crippen LogP contribution in [-0.2, 0) is 14.3 Å². The predicted molar refractivity (Wildman–Crippen MR) is 59.8 cm³/mol. The second kappa shape index (κ2) is 6.80. The molecule has 4 nitrogen and oxygen atoms in total. The van der Waals surface area contributed by atoms with Crippen LogP contribution in [-0.4, -0.2) is 37.4 Å². The summed E-state index contributed by atoms with van der Waals surface area (Å²) in [6.45, 7) is 11.0. The van der Waals surface area contributed by atoms with E-state index in [1.54, 1.807) is 0 Å². The van der Waals surface area contributed by atoms with Gasteiger partial charge >= 0.3 is 5.97 Å². The van der Waals surface area contributed by atoms with Crippen LogP contribution in [0, 0.1) is 0 Å². The van der Waals surface area contributed by atoms with Crippen LogP contribution >= 0.6 is 0 Å². The highest BCUT2D eigenvalue weighted by Gasteiger charge is 2.27. The van der Waals surface area contributed by atoms with Gasteiger partial charge in [-0.3, -0.25) is 4.79 Å². The summed E-state index contributed by atoms with van der Waals surface area (Å²) in [5.41, 5.74) is -0.618. The first kappa shape index (κ1) is 14.4. The average molecular weight is 217 g/mol. The van der Waals surface area contributed by atoms with E-state index in [4.69, 9.17) is 9.47 Å². The molecule has 0 aliphatic rings. The van der Waals surface area contributed by atoms with E-state index in [0.29, 0.717) is 13.2 Å². The van der Waals surface area contributed by atoms with Crippen LogP contribution in [0.15, 0.2) is 0 Å². The van der Waals surface area contributed by atoms with Crippen molar-refractivity contribution >= 4 is 5.97 Å². The van der Waals surface area contributed by atoms with Gasteiger partial charge in [-0.05, 0) is 34.2 Å². The zero-order valence-electron chi connectivity index (χ0n) is 10.4. The van der Waals surface area contributed by atoms with Gasteiger partial charge < -0.3 is 14.8 Å². The minimum atomic E-state index is -0.618. The van der Waals surface area contributed by atoms with E-state index in [0.717, 1.165) is 6.54 Å². The Morgan fingerprint density at radius 2 is 1.93 bits per heavy atom. The van der Waals surface area contributed by atoms with Crippen molar-refractivity contribution in [3.05, 3.63) is 0 Å². The molecule has 0 saturated heterocycles. The summed E-state index contributed by atoms with van der Waals surface area (Å²) in [5.74, 6) is -0.239. The molecule has 0 rings (SSSR count). The lowest BCUT2D eigenvalue weighted by Crippen LogP contribution is -2.47. The minimum absolute atomic E-state index is 0.172. The monoisotopic (exact) mass is 217 g/mol. The van der Waals surface area contributed by atoms with E-state index < -0.39 is 5.54 Å². The lowest BCUT2D eigenvalue weighted by atomic mass is 10.1. The summed E-state index contributed by atoms with van der Waals surface area (Å²) in [6, 6.07) is 0. The highest BCUT2D eigenvalue weighted by Crippen LogP contribution is 2.04. The molecule has 1 N–H and O–H groups in total. The molecule has 0 amide bonds. The number of hydrogen-bond donors (Lipinski definition) is 1. The van der Waals surface area contributed by atoms with Crippen molar-refractivity contribution in [3.63, 3.8) is 0 Å². The second-order valence-electron chi connectivity index (χ2n) is 4.21. The fraction of sp³-hybridized carbons (Fsp3) is 0.909. The van der Waals surface area contributed by atoms with Crippen LogP contribution in [0.1, 0.15) is 34.6 Å². The van der Waals surface area contributed by atoms with Crippen molar-refractivity contribution < 1.29 is 14.3 Å². The molecule has 0 fully saturated rings.